The third kappa shape index (κ3) is 4.02. The minimum absolute atomic E-state index is 0.0181. The summed E-state index contributed by atoms with van der Waals surface area (Å²) in [5.74, 6) is -1.52. The monoisotopic (exact) mass is 374 g/mol. The molecule has 1 unspecified atom stereocenters. The second-order valence-corrected chi connectivity index (χ2v) is 6.13. The van der Waals surface area contributed by atoms with E-state index in [0.717, 1.165) is 5.56 Å². The standard InChI is InChI=1S/C16H14BrClF2O/c17-13-5-6-15(19)12(16(13)20)8-10(9-21)7-11-3-1-2-4-14(11)18/h1-6,10,21H,7-9H2. The first-order chi connectivity index (χ1) is 10.0. The summed E-state index contributed by atoms with van der Waals surface area (Å²) in [6.45, 7) is -0.170. The molecule has 0 saturated carbocycles. The first-order valence-electron chi connectivity index (χ1n) is 6.49. The van der Waals surface area contributed by atoms with Crippen LogP contribution in [0.1, 0.15) is 11.1 Å². The molecule has 21 heavy (non-hydrogen) atoms. The molecule has 0 spiro atoms. The van der Waals surface area contributed by atoms with Gasteiger partial charge in [0.25, 0.3) is 0 Å². The zero-order valence-corrected chi connectivity index (χ0v) is 13.5. The minimum atomic E-state index is -0.618. The van der Waals surface area contributed by atoms with Crippen LogP contribution in [0.4, 0.5) is 8.78 Å². The Kier molecular flexibility index (Phi) is 5.73. The van der Waals surface area contributed by atoms with E-state index in [1.165, 1.54) is 12.1 Å². The Morgan fingerprint density at radius 1 is 1.10 bits per heavy atom. The number of aliphatic hydroxyl groups is 1. The molecule has 0 saturated heterocycles. The summed E-state index contributed by atoms with van der Waals surface area (Å²) in [6, 6.07) is 9.80. The lowest BCUT2D eigenvalue weighted by Crippen LogP contribution is -2.15. The van der Waals surface area contributed by atoms with Crippen molar-refractivity contribution in [2.75, 3.05) is 6.61 Å². The third-order valence-corrected chi connectivity index (χ3v) is 4.34. The van der Waals surface area contributed by atoms with Crippen molar-refractivity contribution in [3.8, 4) is 0 Å². The molecule has 1 atom stereocenters. The van der Waals surface area contributed by atoms with Gasteiger partial charge in [0.15, 0.2) is 0 Å². The molecule has 0 heterocycles. The third-order valence-electron chi connectivity index (χ3n) is 3.36. The highest BCUT2D eigenvalue weighted by atomic mass is 79.9. The molecule has 0 aliphatic carbocycles. The van der Waals surface area contributed by atoms with Crippen molar-refractivity contribution < 1.29 is 13.9 Å². The number of hydrogen-bond donors (Lipinski definition) is 1. The van der Waals surface area contributed by atoms with E-state index in [1.807, 2.05) is 18.2 Å². The molecule has 112 valence electrons. The molecule has 0 radical (unpaired) electrons. The van der Waals surface area contributed by atoms with E-state index in [-0.39, 0.29) is 29.0 Å². The van der Waals surface area contributed by atoms with Gasteiger partial charge in [-0.2, -0.15) is 0 Å². The highest BCUT2D eigenvalue weighted by molar-refractivity contribution is 9.10. The van der Waals surface area contributed by atoms with Gasteiger partial charge in [0.1, 0.15) is 11.6 Å². The van der Waals surface area contributed by atoms with Crippen molar-refractivity contribution in [3.63, 3.8) is 0 Å². The Morgan fingerprint density at radius 2 is 1.81 bits per heavy atom. The van der Waals surface area contributed by atoms with E-state index in [9.17, 15) is 13.9 Å². The van der Waals surface area contributed by atoms with Crippen LogP contribution in [-0.4, -0.2) is 11.7 Å². The van der Waals surface area contributed by atoms with Crippen molar-refractivity contribution in [2.24, 2.45) is 5.92 Å². The normalized spacial score (nSPS) is 12.4. The second kappa shape index (κ2) is 7.34. The van der Waals surface area contributed by atoms with E-state index in [4.69, 9.17) is 11.6 Å². The summed E-state index contributed by atoms with van der Waals surface area (Å²) >= 11 is 9.12. The smallest absolute Gasteiger partial charge is 0.143 e. The quantitative estimate of drug-likeness (QED) is 0.746. The van der Waals surface area contributed by atoms with Gasteiger partial charge in [-0.25, -0.2) is 8.78 Å². The molecule has 0 aliphatic rings. The lowest BCUT2D eigenvalue weighted by molar-refractivity contribution is 0.223. The van der Waals surface area contributed by atoms with E-state index in [1.54, 1.807) is 6.07 Å². The number of hydrogen-bond acceptors (Lipinski definition) is 1. The lowest BCUT2D eigenvalue weighted by atomic mass is 9.92. The topological polar surface area (TPSA) is 20.2 Å². The molecular weight excluding hydrogens is 362 g/mol. The maximum atomic E-state index is 14.0. The summed E-state index contributed by atoms with van der Waals surface area (Å²) < 4.78 is 28.0. The number of aliphatic hydroxyl groups excluding tert-OH is 1. The van der Waals surface area contributed by atoms with Gasteiger partial charge in [0, 0.05) is 17.2 Å². The van der Waals surface area contributed by atoms with Crippen molar-refractivity contribution in [2.45, 2.75) is 12.8 Å². The van der Waals surface area contributed by atoms with Crippen LogP contribution in [-0.2, 0) is 12.8 Å². The number of rotatable bonds is 5. The van der Waals surface area contributed by atoms with Crippen LogP contribution in [0.15, 0.2) is 40.9 Å². The Balaban J connectivity index is 2.21. The van der Waals surface area contributed by atoms with E-state index >= 15 is 0 Å². The van der Waals surface area contributed by atoms with E-state index < -0.39 is 11.6 Å². The van der Waals surface area contributed by atoms with Gasteiger partial charge in [-0.15, -0.1) is 0 Å². The van der Waals surface area contributed by atoms with Crippen molar-refractivity contribution in [1.82, 2.24) is 0 Å². The summed E-state index contributed by atoms with van der Waals surface area (Å²) in [7, 11) is 0. The highest BCUT2D eigenvalue weighted by Crippen LogP contribution is 2.26. The van der Waals surface area contributed by atoms with Gasteiger partial charge in [-0.3, -0.25) is 0 Å². The predicted octanol–water partition coefficient (Wildman–Crippen LogP) is 4.77. The van der Waals surface area contributed by atoms with Crippen LogP contribution in [0.5, 0.6) is 0 Å². The lowest BCUT2D eigenvalue weighted by Gasteiger charge is -2.16. The van der Waals surface area contributed by atoms with E-state index in [2.05, 4.69) is 15.9 Å². The Hall–Kier alpha value is -0.970. The summed E-state index contributed by atoms with van der Waals surface area (Å²) in [6.07, 6.45) is 0.570. The molecule has 1 N–H and O–H groups in total. The van der Waals surface area contributed by atoms with Crippen LogP contribution < -0.4 is 0 Å². The fourth-order valence-corrected chi connectivity index (χ4v) is 2.81. The van der Waals surface area contributed by atoms with Crippen LogP contribution in [0.3, 0.4) is 0 Å². The molecule has 2 aromatic rings. The highest BCUT2D eigenvalue weighted by Gasteiger charge is 2.18. The first-order valence-corrected chi connectivity index (χ1v) is 7.66. The second-order valence-electron chi connectivity index (χ2n) is 4.87. The van der Waals surface area contributed by atoms with Crippen LogP contribution in [0.25, 0.3) is 0 Å². The predicted molar refractivity (Wildman–Crippen MR) is 83.5 cm³/mol. The molecule has 0 aromatic heterocycles. The van der Waals surface area contributed by atoms with Crippen molar-refractivity contribution >= 4 is 27.5 Å². The van der Waals surface area contributed by atoms with Crippen LogP contribution >= 0.6 is 27.5 Å². The summed E-state index contributed by atoms with van der Waals surface area (Å²) in [4.78, 5) is 0. The average molecular weight is 376 g/mol. The summed E-state index contributed by atoms with van der Waals surface area (Å²) in [5.41, 5.74) is 0.838. The van der Waals surface area contributed by atoms with Crippen molar-refractivity contribution in [3.05, 3.63) is 68.7 Å². The van der Waals surface area contributed by atoms with E-state index in [0.29, 0.717) is 11.4 Å². The van der Waals surface area contributed by atoms with Crippen LogP contribution in [0.2, 0.25) is 5.02 Å². The molecule has 1 nitrogen and oxygen atoms in total. The summed E-state index contributed by atoms with van der Waals surface area (Å²) in [5, 5.41) is 10.1. The molecule has 2 rings (SSSR count). The fraction of sp³-hybridized carbons (Fsp3) is 0.250. The minimum Gasteiger partial charge on any atom is -0.396 e. The molecule has 0 amide bonds. The van der Waals surface area contributed by atoms with Crippen molar-refractivity contribution in [1.29, 1.82) is 0 Å². The zero-order valence-electron chi connectivity index (χ0n) is 11.1. The number of halogens is 4. The Bertz CT molecular complexity index is 634. The van der Waals surface area contributed by atoms with Gasteiger partial charge in [0.05, 0.1) is 4.47 Å². The van der Waals surface area contributed by atoms with Gasteiger partial charge < -0.3 is 5.11 Å². The molecule has 0 fully saturated rings. The average Bonchev–Trinajstić information content (AvgIpc) is 2.48. The molecule has 2 aromatic carbocycles. The van der Waals surface area contributed by atoms with Gasteiger partial charge in [-0.05, 0) is 58.5 Å². The maximum Gasteiger partial charge on any atom is 0.143 e. The Labute approximate surface area is 135 Å². The molecule has 0 aliphatic heterocycles. The zero-order chi connectivity index (χ0) is 15.4. The largest absolute Gasteiger partial charge is 0.396 e. The van der Waals surface area contributed by atoms with Gasteiger partial charge >= 0.3 is 0 Å². The van der Waals surface area contributed by atoms with Crippen LogP contribution in [0, 0.1) is 17.6 Å². The maximum absolute atomic E-state index is 14.0. The molecule has 0 bridgehead atoms. The number of benzene rings is 2. The molecule has 5 heteroatoms. The van der Waals surface area contributed by atoms with Gasteiger partial charge in [0.2, 0.25) is 0 Å². The van der Waals surface area contributed by atoms with Gasteiger partial charge in [-0.1, -0.05) is 29.8 Å². The SMILES string of the molecule is OCC(Cc1ccccc1Cl)Cc1c(F)ccc(Br)c1F. The molecular formula is C16H14BrClF2O. The first kappa shape index (κ1) is 16.4. The Morgan fingerprint density at radius 3 is 2.48 bits per heavy atom. The fourth-order valence-electron chi connectivity index (χ4n) is 2.22.